The first kappa shape index (κ1) is 21.5. The first-order valence-electron chi connectivity index (χ1n) is 8.91. The molecule has 0 saturated heterocycles. The molecular formula is C19H20N4O5S2. The zero-order chi connectivity index (χ0) is 21.6. The van der Waals surface area contributed by atoms with Crippen molar-refractivity contribution in [3.8, 4) is 11.5 Å². The van der Waals surface area contributed by atoms with Crippen LogP contribution in [0.25, 0.3) is 0 Å². The number of aromatic nitrogens is 2. The van der Waals surface area contributed by atoms with Crippen molar-refractivity contribution in [3.63, 3.8) is 0 Å². The summed E-state index contributed by atoms with van der Waals surface area (Å²) in [5.41, 5.74) is 0.442. The zero-order valence-electron chi connectivity index (χ0n) is 16.3. The number of nitrogens with zero attached hydrogens (tertiary/aromatic N) is 2. The number of methoxy groups -OCH3 is 1. The van der Waals surface area contributed by atoms with Crippen molar-refractivity contribution in [3.05, 3.63) is 53.5 Å². The van der Waals surface area contributed by atoms with E-state index in [1.807, 2.05) is 6.92 Å². The molecular weight excluding hydrogens is 428 g/mol. The average molecular weight is 449 g/mol. The van der Waals surface area contributed by atoms with Gasteiger partial charge in [-0.2, -0.15) is 0 Å². The number of nitrogens with one attached hydrogen (secondary N) is 2. The number of benzene rings is 2. The second-order valence-corrected chi connectivity index (χ2v) is 8.74. The Morgan fingerprint density at radius 3 is 2.50 bits per heavy atom. The molecule has 0 saturated carbocycles. The van der Waals surface area contributed by atoms with E-state index in [1.54, 1.807) is 31.4 Å². The maximum atomic E-state index is 12.5. The minimum atomic E-state index is -3.80. The Morgan fingerprint density at radius 1 is 1.10 bits per heavy atom. The van der Waals surface area contributed by atoms with Crippen molar-refractivity contribution >= 4 is 38.1 Å². The topological polar surface area (TPSA) is 120 Å². The highest BCUT2D eigenvalue weighted by Gasteiger charge is 2.17. The van der Waals surface area contributed by atoms with E-state index >= 15 is 0 Å². The van der Waals surface area contributed by atoms with Gasteiger partial charge in [0.1, 0.15) is 16.5 Å². The van der Waals surface area contributed by atoms with Crippen LogP contribution in [0.15, 0.2) is 53.4 Å². The molecule has 0 aliphatic rings. The van der Waals surface area contributed by atoms with E-state index in [0.717, 1.165) is 5.01 Å². The summed E-state index contributed by atoms with van der Waals surface area (Å²) < 4.78 is 37.8. The summed E-state index contributed by atoms with van der Waals surface area (Å²) in [7, 11) is -2.25. The molecule has 0 radical (unpaired) electrons. The summed E-state index contributed by atoms with van der Waals surface area (Å²) in [4.78, 5) is 12.1. The first-order chi connectivity index (χ1) is 14.4. The predicted octanol–water partition coefficient (Wildman–Crippen LogP) is 2.93. The van der Waals surface area contributed by atoms with E-state index in [4.69, 9.17) is 9.47 Å². The van der Waals surface area contributed by atoms with E-state index in [9.17, 15) is 13.2 Å². The van der Waals surface area contributed by atoms with Gasteiger partial charge in [0.05, 0.1) is 12.0 Å². The predicted molar refractivity (Wildman–Crippen MR) is 114 cm³/mol. The van der Waals surface area contributed by atoms with E-state index in [2.05, 4.69) is 20.2 Å². The summed E-state index contributed by atoms with van der Waals surface area (Å²) in [6.45, 7) is 1.71. The van der Waals surface area contributed by atoms with Gasteiger partial charge in [-0.05, 0) is 42.8 Å². The molecule has 9 nitrogen and oxygen atoms in total. The Balaban J connectivity index is 1.57. The van der Waals surface area contributed by atoms with Gasteiger partial charge in [0, 0.05) is 11.8 Å². The van der Waals surface area contributed by atoms with Crippen LogP contribution < -0.4 is 19.5 Å². The van der Waals surface area contributed by atoms with Gasteiger partial charge < -0.3 is 14.8 Å². The maximum Gasteiger partial charge on any atom is 0.263 e. The molecule has 0 aliphatic heterocycles. The standard InChI is InChI=1S/C19H20N4O5S2/c1-3-18-21-22-19(29-18)23-30(25,26)16-9-7-13(8-10-16)20-17(24)12-28-15-6-4-5-14(11-15)27-2/h4-11H,3,12H2,1-2H3,(H,20,24)(H,22,23). The van der Waals surface area contributed by atoms with Crippen molar-refractivity contribution in [2.75, 3.05) is 23.8 Å². The number of hydrogen-bond acceptors (Lipinski definition) is 8. The largest absolute Gasteiger partial charge is 0.497 e. The minimum Gasteiger partial charge on any atom is -0.497 e. The van der Waals surface area contributed by atoms with Crippen LogP contribution >= 0.6 is 11.3 Å². The van der Waals surface area contributed by atoms with Crippen molar-refractivity contribution < 1.29 is 22.7 Å². The molecule has 158 valence electrons. The molecule has 3 aromatic rings. The lowest BCUT2D eigenvalue weighted by Crippen LogP contribution is -2.20. The van der Waals surface area contributed by atoms with Crippen LogP contribution in [0.4, 0.5) is 10.8 Å². The maximum absolute atomic E-state index is 12.5. The van der Waals surface area contributed by atoms with Crippen LogP contribution in [-0.2, 0) is 21.2 Å². The third-order valence-corrected chi connectivity index (χ3v) is 6.32. The highest BCUT2D eigenvalue weighted by atomic mass is 32.2. The number of hydrogen-bond donors (Lipinski definition) is 2. The molecule has 0 atom stereocenters. The summed E-state index contributed by atoms with van der Waals surface area (Å²) in [6.07, 6.45) is 0.676. The lowest BCUT2D eigenvalue weighted by atomic mass is 10.3. The number of amides is 1. The first-order valence-corrected chi connectivity index (χ1v) is 11.2. The van der Waals surface area contributed by atoms with Gasteiger partial charge in [-0.25, -0.2) is 8.42 Å². The van der Waals surface area contributed by atoms with Gasteiger partial charge in [-0.1, -0.05) is 24.3 Å². The van der Waals surface area contributed by atoms with Crippen LogP contribution in [-0.4, -0.2) is 38.2 Å². The van der Waals surface area contributed by atoms with Crippen LogP contribution in [0, 0.1) is 0 Å². The number of rotatable bonds is 9. The molecule has 2 N–H and O–H groups in total. The van der Waals surface area contributed by atoms with Crippen molar-refractivity contribution in [1.29, 1.82) is 0 Å². The summed E-state index contributed by atoms with van der Waals surface area (Å²) in [5, 5.41) is 11.3. The number of aryl methyl sites for hydroxylation is 1. The lowest BCUT2D eigenvalue weighted by Gasteiger charge is -2.09. The number of carbonyl (C=O) groups is 1. The van der Waals surface area contributed by atoms with Gasteiger partial charge in [-0.3, -0.25) is 9.52 Å². The third kappa shape index (κ3) is 5.67. The van der Waals surface area contributed by atoms with Crippen LogP contribution in [0.3, 0.4) is 0 Å². The lowest BCUT2D eigenvalue weighted by molar-refractivity contribution is -0.118. The van der Waals surface area contributed by atoms with Gasteiger partial charge in [0.25, 0.3) is 15.9 Å². The van der Waals surface area contributed by atoms with Crippen LogP contribution in [0.1, 0.15) is 11.9 Å². The van der Waals surface area contributed by atoms with Gasteiger partial charge in [0.2, 0.25) is 5.13 Å². The van der Waals surface area contributed by atoms with Crippen molar-refractivity contribution in [2.24, 2.45) is 0 Å². The highest BCUT2D eigenvalue weighted by molar-refractivity contribution is 7.93. The van der Waals surface area contributed by atoms with Gasteiger partial charge in [0.15, 0.2) is 6.61 Å². The van der Waals surface area contributed by atoms with E-state index in [0.29, 0.717) is 23.6 Å². The SMILES string of the molecule is CCc1nnc(NS(=O)(=O)c2ccc(NC(=O)COc3cccc(OC)c3)cc2)s1. The molecule has 0 aliphatic carbocycles. The normalized spacial score (nSPS) is 11.0. The minimum absolute atomic E-state index is 0.0429. The zero-order valence-corrected chi connectivity index (χ0v) is 17.9. The fourth-order valence-electron chi connectivity index (χ4n) is 2.37. The molecule has 30 heavy (non-hydrogen) atoms. The van der Waals surface area contributed by atoms with E-state index in [1.165, 1.54) is 35.6 Å². The van der Waals surface area contributed by atoms with Crippen molar-refractivity contribution in [1.82, 2.24) is 10.2 Å². The number of ether oxygens (including phenoxy) is 2. The third-order valence-electron chi connectivity index (χ3n) is 3.85. The molecule has 1 amide bonds. The molecule has 0 fully saturated rings. The Kier molecular flexibility index (Phi) is 6.85. The Labute approximate surface area is 178 Å². The van der Waals surface area contributed by atoms with E-state index in [-0.39, 0.29) is 22.5 Å². The fourth-order valence-corrected chi connectivity index (χ4v) is 4.28. The molecule has 1 aromatic heterocycles. The Morgan fingerprint density at radius 2 is 1.83 bits per heavy atom. The molecule has 2 aromatic carbocycles. The monoisotopic (exact) mass is 448 g/mol. The average Bonchev–Trinajstić information content (AvgIpc) is 3.19. The summed E-state index contributed by atoms with van der Waals surface area (Å²) >= 11 is 1.18. The van der Waals surface area contributed by atoms with E-state index < -0.39 is 10.0 Å². The highest BCUT2D eigenvalue weighted by Crippen LogP contribution is 2.22. The summed E-state index contributed by atoms with van der Waals surface area (Å²) in [6, 6.07) is 12.7. The van der Waals surface area contributed by atoms with Gasteiger partial charge in [-0.15, -0.1) is 10.2 Å². The van der Waals surface area contributed by atoms with Crippen LogP contribution in [0.5, 0.6) is 11.5 Å². The summed E-state index contributed by atoms with van der Waals surface area (Å²) in [5.74, 6) is 0.741. The number of carbonyl (C=O) groups excluding carboxylic acids is 1. The molecule has 0 spiro atoms. The number of anilines is 2. The molecule has 3 rings (SSSR count). The quantitative estimate of drug-likeness (QED) is 0.516. The van der Waals surface area contributed by atoms with Crippen LogP contribution in [0.2, 0.25) is 0 Å². The molecule has 11 heteroatoms. The second kappa shape index (κ2) is 9.55. The Bertz CT molecular complexity index is 1110. The smallest absolute Gasteiger partial charge is 0.263 e. The molecule has 0 unspecified atom stereocenters. The fraction of sp³-hybridized carbons (Fsp3) is 0.211. The van der Waals surface area contributed by atoms with Gasteiger partial charge >= 0.3 is 0 Å². The second-order valence-electron chi connectivity index (χ2n) is 6.00. The Hall–Kier alpha value is -3.18. The van der Waals surface area contributed by atoms with Crippen molar-refractivity contribution in [2.45, 2.75) is 18.2 Å². The molecule has 1 heterocycles. The molecule has 0 bridgehead atoms. The number of sulfonamides is 1.